The Morgan fingerprint density at radius 3 is 2.87 bits per heavy atom. The second-order valence-corrected chi connectivity index (χ2v) is 3.14. The molecule has 0 bridgehead atoms. The van der Waals surface area contributed by atoms with Gasteiger partial charge in [0.2, 0.25) is 6.08 Å². The predicted octanol–water partition coefficient (Wildman–Crippen LogP) is 2.02. The molecule has 1 aromatic rings. The fraction of sp³-hybridized carbons (Fsp3) is 0.364. The molecule has 0 atom stereocenters. The van der Waals surface area contributed by atoms with Crippen molar-refractivity contribution in [1.82, 2.24) is 0 Å². The third kappa shape index (κ3) is 2.89. The van der Waals surface area contributed by atoms with Crippen molar-refractivity contribution in [3.8, 4) is 5.75 Å². The van der Waals surface area contributed by atoms with Crippen molar-refractivity contribution >= 4 is 6.08 Å². The minimum absolute atomic E-state index is 0.277. The first-order chi connectivity index (χ1) is 7.19. The minimum atomic E-state index is -0.277. The zero-order chi connectivity index (χ0) is 11.3. The second-order valence-electron chi connectivity index (χ2n) is 3.14. The summed E-state index contributed by atoms with van der Waals surface area (Å²) >= 11 is 0. The van der Waals surface area contributed by atoms with Gasteiger partial charge in [-0.1, -0.05) is 0 Å². The largest absolute Gasteiger partial charge is 0.496 e. The van der Waals surface area contributed by atoms with Gasteiger partial charge in [0.25, 0.3) is 0 Å². The Hall–Kier alpha value is -1.67. The third-order valence-electron chi connectivity index (χ3n) is 2.12. The lowest BCUT2D eigenvalue weighted by Crippen LogP contribution is -1.97. The van der Waals surface area contributed by atoms with Gasteiger partial charge in [0.1, 0.15) is 11.6 Å². The summed E-state index contributed by atoms with van der Waals surface area (Å²) in [7, 11) is 1.53. The van der Waals surface area contributed by atoms with Crippen molar-refractivity contribution in [2.75, 3.05) is 13.7 Å². The fourth-order valence-electron chi connectivity index (χ4n) is 1.30. The summed E-state index contributed by atoms with van der Waals surface area (Å²) in [5, 5.41) is 0. The third-order valence-corrected chi connectivity index (χ3v) is 2.12. The van der Waals surface area contributed by atoms with Crippen LogP contribution in [0.1, 0.15) is 11.1 Å². The van der Waals surface area contributed by atoms with E-state index in [1.54, 1.807) is 13.0 Å². The van der Waals surface area contributed by atoms with E-state index in [1.165, 1.54) is 19.3 Å². The summed E-state index contributed by atoms with van der Waals surface area (Å²) in [4.78, 5) is 13.3. The van der Waals surface area contributed by atoms with Gasteiger partial charge in [0, 0.05) is 0 Å². The number of rotatable bonds is 4. The highest BCUT2D eigenvalue weighted by Crippen LogP contribution is 2.22. The molecular formula is C11H12FNO2. The molecule has 0 N–H and O–H groups in total. The SMILES string of the molecule is COc1cc(C)c(F)cc1CCN=C=O. The van der Waals surface area contributed by atoms with E-state index in [0.717, 1.165) is 0 Å². The van der Waals surface area contributed by atoms with E-state index < -0.39 is 0 Å². The molecule has 4 heteroatoms. The van der Waals surface area contributed by atoms with Gasteiger partial charge in [-0.3, -0.25) is 0 Å². The van der Waals surface area contributed by atoms with Gasteiger partial charge in [0.05, 0.1) is 13.7 Å². The zero-order valence-electron chi connectivity index (χ0n) is 8.71. The first kappa shape index (κ1) is 11.4. The van der Waals surface area contributed by atoms with Crippen LogP contribution in [0.25, 0.3) is 0 Å². The first-order valence-corrected chi connectivity index (χ1v) is 4.55. The minimum Gasteiger partial charge on any atom is -0.496 e. The molecule has 0 aromatic heterocycles. The summed E-state index contributed by atoms with van der Waals surface area (Å²) in [5.74, 6) is 0.343. The van der Waals surface area contributed by atoms with Crippen LogP contribution in [0.15, 0.2) is 17.1 Å². The molecule has 0 fully saturated rings. The van der Waals surface area contributed by atoms with Crippen molar-refractivity contribution < 1.29 is 13.9 Å². The molecule has 0 spiro atoms. The van der Waals surface area contributed by atoms with Gasteiger partial charge in [-0.05, 0) is 36.6 Å². The Morgan fingerprint density at radius 1 is 1.53 bits per heavy atom. The fourth-order valence-corrected chi connectivity index (χ4v) is 1.30. The molecule has 0 aliphatic carbocycles. The molecule has 0 heterocycles. The number of isocyanates is 1. The van der Waals surface area contributed by atoms with E-state index in [-0.39, 0.29) is 5.82 Å². The molecular weight excluding hydrogens is 197 g/mol. The summed E-state index contributed by atoms with van der Waals surface area (Å²) in [6, 6.07) is 3.05. The number of aryl methyl sites for hydroxylation is 1. The zero-order valence-corrected chi connectivity index (χ0v) is 8.71. The Labute approximate surface area is 87.6 Å². The number of halogens is 1. The lowest BCUT2D eigenvalue weighted by Gasteiger charge is -2.08. The maximum Gasteiger partial charge on any atom is 0.234 e. The van der Waals surface area contributed by atoms with Gasteiger partial charge in [-0.25, -0.2) is 14.2 Å². The summed E-state index contributed by atoms with van der Waals surface area (Å²) in [5.41, 5.74) is 1.24. The van der Waals surface area contributed by atoms with Gasteiger partial charge in [0.15, 0.2) is 0 Å². The van der Waals surface area contributed by atoms with Crippen LogP contribution >= 0.6 is 0 Å². The van der Waals surface area contributed by atoms with Crippen LogP contribution < -0.4 is 4.74 Å². The Kier molecular flexibility index (Phi) is 4.01. The molecule has 0 aliphatic heterocycles. The maximum absolute atomic E-state index is 13.2. The monoisotopic (exact) mass is 209 g/mol. The van der Waals surface area contributed by atoms with Gasteiger partial charge in [-0.2, -0.15) is 0 Å². The average molecular weight is 209 g/mol. The van der Waals surface area contributed by atoms with Gasteiger partial charge >= 0.3 is 0 Å². The van der Waals surface area contributed by atoms with Crippen LogP contribution in [0.3, 0.4) is 0 Å². The molecule has 0 saturated carbocycles. The molecule has 1 rings (SSSR count). The number of nitrogens with zero attached hydrogens (tertiary/aromatic N) is 1. The van der Waals surface area contributed by atoms with Crippen LogP contribution in [0.2, 0.25) is 0 Å². The Balaban J connectivity index is 2.94. The standard InChI is InChI=1S/C11H12FNO2/c1-8-5-11(15-2)9(6-10(8)12)3-4-13-7-14/h5-6H,3-4H2,1-2H3. The van der Waals surface area contributed by atoms with E-state index in [9.17, 15) is 9.18 Å². The van der Waals surface area contributed by atoms with E-state index in [0.29, 0.717) is 29.8 Å². The topological polar surface area (TPSA) is 38.7 Å². The number of methoxy groups -OCH3 is 1. The van der Waals surface area contributed by atoms with E-state index in [4.69, 9.17) is 4.74 Å². The Morgan fingerprint density at radius 2 is 2.27 bits per heavy atom. The number of carbonyl (C=O) groups excluding carboxylic acids is 1. The van der Waals surface area contributed by atoms with Crippen molar-refractivity contribution in [2.24, 2.45) is 4.99 Å². The van der Waals surface area contributed by atoms with Crippen LogP contribution in [0.4, 0.5) is 4.39 Å². The smallest absolute Gasteiger partial charge is 0.234 e. The number of benzene rings is 1. The summed E-state index contributed by atoms with van der Waals surface area (Å²) in [6.45, 7) is 1.97. The van der Waals surface area contributed by atoms with Gasteiger partial charge in [-0.15, -0.1) is 0 Å². The maximum atomic E-state index is 13.2. The van der Waals surface area contributed by atoms with Crippen LogP contribution in [0, 0.1) is 12.7 Å². The van der Waals surface area contributed by atoms with Crippen LogP contribution in [-0.2, 0) is 11.2 Å². The number of aliphatic imine (C=N–C) groups is 1. The highest BCUT2D eigenvalue weighted by molar-refractivity contribution is 5.39. The van der Waals surface area contributed by atoms with Gasteiger partial charge < -0.3 is 4.74 Å². The molecule has 0 radical (unpaired) electrons. The number of ether oxygens (including phenoxy) is 1. The lowest BCUT2D eigenvalue weighted by molar-refractivity contribution is 0.408. The Bertz CT molecular complexity index is 398. The summed E-state index contributed by atoms with van der Waals surface area (Å²) < 4.78 is 18.3. The number of hydrogen-bond acceptors (Lipinski definition) is 3. The van der Waals surface area contributed by atoms with Crippen molar-refractivity contribution in [3.05, 3.63) is 29.1 Å². The summed E-state index contributed by atoms with van der Waals surface area (Å²) in [6.07, 6.45) is 1.91. The quantitative estimate of drug-likeness (QED) is 0.562. The normalized spacial score (nSPS) is 9.53. The van der Waals surface area contributed by atoms with E-state index in [2.05, 4.69) is 4.99 Å². The molecule has 0 saturated heterocycles. The van der Waals surface area contributed by atoms with Crippen LogP contribution in [-0.4, -0.2) is 19.7 Å². The van der Waals surface area contributed by atoms with Crippen molar-refractivity contribution in [2.45, 2.75) is 13.3 Å². The molecule has 0 unspecified atom stereocenters. The van der Waals surface area contributed by atoms with Crippen molar-refractivity contribution in [3.63, 3.8) is 0 Å². The van der Waals surface area contributed by atoms with E-state index >= 15 is 0 Å². The highest BCUT2D eigenvalue weighted by Gasteiger charge is 2.07. The predicted molar refractivity (Wildman–Crippen MR) is 54.4 cm³/mol. The molecule has 3 nitrogen and oxygen atoms in total. The van der Waals surface area contributed by atoms with Crippen molar-refractivity contribution in [1.29, 1.82) is 0 Å². The first-order valence-electron chi connectivity index (χ1n) is 4.55. The molecule has 15 heavy (non-hydrogen) atoms. The molecule has 0 amide bonds. The highest BCUT2D eigenvalue weighted by atomic mass is 19.1. The molecule has 0 aliphatic rings. The molecule has 1 aromatic carbocycles. The lowest BCUT2D eigenvalue weighted by atomic mass is 10.1. The average Bonchev–Trinajstić information content (AvgIpc) is 2.23. The second kappa shape index (κ2) is 5.27. The van der Waals surface area contributed by atoms with E-state index in [1.807, 2.05) is 0 Å². The number of hydrogen-bond donors (Lipinski definition) is 0. The molecule has 80 valence electrons. The van der Waals surface area contributed by atoms with Crippen LogP contribution in [0.5, 0.6) is 5.75 Å².